The molecule has 0 unspecified atom stereocenters. The maximum Gasteiger partial charge on any atom is 0.251 e. The summed E-state index contributed by atoms with van der Waals surface area (Å²) in [6.07, 6.45) is 4.00. The van der Waals surface area contributed by atoms with Crippen LogP contribution in [0.2, 0.25) is 0 Å². The first-order valence-corrected chi connectivity index (χ1v) is 6.95. The molecule has 0 spiro atoms. The molecule has 0 radical (unpaired) electrons. The van der Waals surface area contributed by atoms with Crippen LogP contribution in [0.5, 0.6) is 0 Å². The highest BCUT2D eigenvalue weighted by molar-refractivity contribution is 6.20. The summed E-state index contributed by atoms with van der Waals surface area (Å²) in [5.41, 5.74) is 4.26. The molecule has 3 rings (SSSR count). The smallest absolute Gasteiger partial charge is 0.251 e. The van der Waals surface area contributed by atoms with Gasteiger partial charge in [0, 0.05) is 12.1 Å². The second-order valence-corrected chi connectivity index (χ2v) is 4.98. The average molecular weight is 263 g/mol. The van der Waals surface area contributed by atoms with E-state index in [-0.39, 0.29) is 5.91 Å². The average Bonchev–Trinajstić information content (AvgIpc) is 2.53. The van der Waals surface area contributed by atoms with Crippen LogP contribution in [0.4, 0.5) is 0 Å². The molecule has 1 aliphatic rings. The van der Waals surface area contributed by atoms with Gasteiger partial charge in [0.05, 0.1) is 0 Å². The normalized spacial score (nSPS) is 13.3. The number of aryl methyl sites for hydroxylation is 1. The maximum absolute atomic E-state index is 12.4. The maximum atomic E-state index is 12.4. The molecule has 0 saturated carbocycles. The SMILES string of the molecule is O=C(NCc1ccccc1)C1=CCCc2ccccc21. The lowest BCUT2D eigenvalue weighted by atomic mass is 9.90. The largest absolute Gasteiger partial charge is 0.348 e. The Bertz CT molecular complexity index is 643. The van der Waals surface area contributed by atoms with Gasteiger partial charge in [0.2, 0.25) is 0 Å². The number of nitrogens with one attached hydrogen (secondary N) is 1. The van der Waals surface area contributed by atoms with Crippen LogP contribution < -0.4 is 5.32 Å². The Balaban J connectivity index is 1.73. The Morgan fingerprint density at radius 2 is 1.75 bits per heavy atom. The van der Waals surface area contributed by atoms with Crippen molar-refractivity contribution in [2.75, 3.05) is 0 Å². The molecule has 2 aromatic carbocycles. The van der Waals surface area contributed by atoms with Crippen molar-refractivity contribution in [2.24, 2.45) is 0 Å². The summed E-state index contributed by atoms with van der Waals surface area (Å²) in [4.78, 5) is 12.4. The molecule has 1 N–H and O–H groups in total. The van der Waals surface area contributed by atoms with E-state index in [1.165, 1.54) is 5.56 Å². The lowest BCUT2D eigenvalue weighted by Gasteiger charge is -2.17. The minimum absolute atomic E-state index is 0.0148. The van der Waals surface area contributed by atoms with Crippen molar-refractivity contribution in [1.82, 2.24) is 5.32 Å². The van der Waals surface area contributed by atoms with E-state index in [1.807, 2.05) is 54.6 Å². The topological polar surface area (TPSA) is 29.1 Å². The number of carbonyl (C=O) groups excluding carboxylic acids is 1. The summed E-state index contributed by atoms with van der Waals surface area (Å²) in [5, 5.41) is 3.00. The van der Waals surface area contributed by atoms with Gasteiger partial charge in [-0.2, -0.15) is 0 Å². The minimum Gasteiger partial charge on any atom is -0.348 e. The highest BCUT2D eigenvalue weighted by atomic mass is 16.1. The second kappa shape index (κ2) is 5.74. The van der Waals surface area contributed by atoms with Crippen LogP contribution in [-0.4, -0.2) is 5.91 Å². The number of rotatable bonds is 3. The molecular formula is C18H17NO. The fraction of sp³-hybridized carbons (Fsp3) is 0.167. The molecule has 2 nitrogen and oxygen atoms in total. The van der Waals surface area contributed by atoms with Crippen molar-refractivity contribution in [1.29, 1.82) is 0 Å². The van der Waals surface area contributed by atoms with E-state index in [9.17, 15) is 4.79 Å². The van der Waals surface area contributed by atoms with Crippen LogP contribution in [0.25, 0.3) is 5.57 Å². The van der Waals surface area contributed by atoms with Gasteiger partial charge in [-0.05, 0) is 29.5 Å². The lowest BCUT2D eigenvalue weighted by Crippen LogP contribution is -2.25. The monoisotopic (exact) mass is 263 g/mol. The standard InChI is InChI=1S/C18H17NO/c20-18(19-13-14-7-2-1-3-8-14)17-12-6-10-15-9-4-5-11-16(15)17/h1-5,7-9,11-12H,6,10,13H2,(H,19,20). The zero-order valence-electron chi connectivity index (χ0n) is 11.3. The van der Waals surface area contributed by atoms with Crippen LogP contribution in [0.15, 0.2) is 60.7 Å². The lowest BCUT2D eigenvalue weighted by molar-refractivity contribution is -0.115. The van der Waals surface area contributed by atoms with E-state index in [0.717, 1.165) is 29.5 Å². The summed E-state index contributed by atoms with van der Waals surface area (Å²) in [6.45, 7) is 0.569. The van der Waals surface area contributed by atoms with E-state index in [0.29, 0.717) is 6.54 Å². The number of fused-ring (bicyclic) bond motifs is 1. The van der Waals surface area contributed by atoms with E-state index in [2.05, 4.69) is 11.4 Å². The predicted molar refractivity (Wildman–Crippen MR) is 81.0 cm³/mol. The van der Waals surface area contributed by atoms with Gasteiger partial charge >= 0.3 is 0 Å². The molecule has 0 aromatic heterocycles. The van der Waals surface area contributed by atoms with Crippen molar-refractivity contribution in [3.8, 4) is 0 Å². The van der Waals surface area contributed by atoms with Crippen molar-refractivity contribution < 1.29 is 4.79 Å². The number of allylic oxidation sites excluding steroid dienone is 1. The fourth-order valence-electron chi connectivity index (χ4n) is 2.57. The van der Waals surface area contributed by atoms with E-state index >= 15 is 0 Å². The molecule has 2 aromatic rings. The van der Waals surface area contributed by atoms with Crippen molar-refractivity contribution in [3.05, 3.63) is 77.4 Å². The Morgan fingerprint density at radius 1 is 1.00 bits per heavy atom. The van der Waals surface area contributed by atoms with E-state index in [1.54, 1.807) is 0 Å². The number of amides is 1. The molecule has 0 atom stereocenters. The first kappa shape index (κ1) is 12.7. The van der Waals surface area contributed by atoms with Gasteiger partial charge in [-0.1, -0.05) is 60.7 Å². The fourth-order valence-corrected chi connectivity index (χ4v) is 2.57. The minimum atomic E-state index is 0.0148. The van der Waals surface area contributed by atoms with Gasteiger partial charge < -0.3 is 5.32 Å². The number of carbonyl (C=O) groups is 1. The zero-order valence-corrected chi connectivity index (χ0v) is 11.3. The molecule has 2 heteroatoms. The van der Waals surface area contributed by atoms with Crippen molar-refractivity contribution in [2.45, 2.75) is 19.4 Å². The quantitative estimate of drug-likeness (QED) is 0.904. The van der Waals surface area contributed by atoms with Crippen molar-refractivity contribution >= 4 is 11.5 Å². The predicted octanol–water partition coefficient (Wildman–Crippen LogP) is 3.33. The molecule has 0 bridgehead atoms. The summed E-state index contributed by atoms with van der Waals surface area (Å²) >= 11 is 0. The van der Waals surface area contributed by atoms with Crippen LogP contribution in [0.3, 0.4) is 0 Å². The van der Waals surface area contributed by atoms with Crippen LogP contribution in [-0.2, 0) is 17.8 Å². The van der Waals surface area contributed by atoms with Crippen LogP contribution in [0.1, 0.15) is 23.1 Å². The highest BCUT2D eigenvalue weighted by Gasteiger charge is 2.17. The zero-order chi connectivity index (χ0) is 13.8. The molecule has 1 aliphatic carbocycles. The number of hydrogen-bond donors (Lipinski definition) is 1. The Hall–Kier alpha value is -2.35. The Labute approximate surface area is 119 Å². The van der Waals surface area contributed by atoms with E-state index < -0.39 is 0 Å². The van der Waals surface area contributed by atoms with Gasteiger partial charge in [-0.15, -0.1) is 0 Å². The third-order valence-corrected chi connectivity index (χ3v) is 3.61. The molecule has 100 valence electrons. The summed E-state index contributed by atoms with van der Waals surface area (Å²) in [6, 6.07) is 18.1. The second-order valence-electron chi connectivity index (χ2n) is 4.98. The molecule has 0 aliphatic heterocycles. The van der Waals surface area contributed by atoms with Gasteiger partial charge in [0.25, 0.3) is 5.91 Å². The van der Waals surface area contributed by atoms with Gasteiger partial charge in [-0.3, -0.25) is 4.79 Å². The highest BCUT2D eigenvalue weighted by Crippen LogP contribution is 2.26. The van der Waals surface area contributed by atoms with Crippen LogP contribution >= 0.6 is 0 Å². The number of hydrogen-bond acceptors (Lipinski definition) is 1. The Kier molecular flexibility index (Phi) is 3.64. The first-order chi connectivity index (χ1) is 9.84. The summed E-state index contributed by atoms with van der Waals surface area (Å²) < 4.78 is 0. The molecular weight excluding hydrogens is 246 g/mol. The molecule has 1 amide bonds. The third kappa shape index (κ3) is 2.64. The summed E-state index contributed by atoms with van der Waals surface area (Å²) in [7, 11) is 0. The van der Waals surface area contributed by atoms with Crippen LogP contribution in [0, 0.1) is 0 Å². The third-order valence-electron chi connectivity index (χ3n) is 3.61. The van der Waals surface area contributed by atoms with Crippen molar-refractivity contribution in [3.63, 3.8) is 0 Å². The van der Waals surface area contributed by atoms with Gasteiger partial charge in [0.15, 0.2) is 0 Å². The molecule has 0 saturated heterocycles. The first-order valence-electron chi connectivity index (χ1n) is 6.95. The molecule has 0 fully saturated rings. The van der Waals surface area contributed by atoms with E-state index in [4.69, 9.17) is 0 Å². The van der Waals surface area contributed by atoms with Gasteiger partial charge in [0.1, 0.15) is 0 Å². The van der Waals surface area contributed by atoms with Gasteiger partial charge in [-0.25, -0.2) is 0 Å². The Morgan fingerprint density at radius 3 is 2.60 bits per heavy atom. The number of benzene rings is 2. The molecule has 20 heavy (non-hydrogen) atoms. The molecule has 0 heterocycles. The summed E-state index contributed by atoms with van der Waals surface area (Å²) in [5.74, 6) is 0.0148.